The van der Waals surface area contributed by atoms with Gasteiger partial charge in [-0.3, -0.25) is 14.3 Å². The number of fused-ring (bicyclic) bond motifs is 5. The molecule has 0 saturated heterocycles. The number of hydrogen-bond acceptors (Lipinski definition) is 6. The molecule has 2 amide bonds. The van der Waals surface area contributed by atoms with Gasteiger partial charge >= 0.3 is 0 Å². The molecule has 0 radical (unpaired) electrons. The molecule has 1 aromatic heterocycles. The number of methoxy groups -OCH3 is 1. The van der Waals surface area contributed by atoms with Crippen molar-refractivity contribution in [2.24, 2.45) is 22.1 Å². The number of aryl methyl sites for hydroxylation is 1. The second-order valence-electron chi connectivity index (χ2n) is 15.1. The molecular weight excluding hydrogens is 684 g/mol. The number of allylic oxidation sites excluding steroid dienone is 2. The van der Waals surface area contributed by atoms with Crippen molar-refractivity contribution >= 4 is 45.1 Å². The van der Waals surface area contributed by atoms with E-state index in [4.69, 9.17) is 21.1 Å². The molecule has 6 atom stereocenters. The minimum absolute atomic E-state index is 0.0259. The molecule has 2 aliphatic carbocycles. The van der Waals surface area contributed by atoms with Crippen LogP contribution in [0.4, 0.5) is 5.69 Å². The molecule has 1 fully saturated rings. The van der Waals surface area contributed by atoms with Gasteiger partial charge in [-0.05, 0) is 110 Å². The SMILES string of the molecule is CO[C@H]1/C=C\C[C@H](C)CS(=O)(NC(=O)c2cc3n(c2)CC=C3)=NC(=O)c2ccc3c(c2)N(C[C@@H]2CC[C@H]21)C[C@@]1(CCCc2cc(Cl)ccc21)CO3. The smallest absolute Gasteiger partial charge is 0.286 e. The van der Waals surface area contributed by atoms with Crippen molar-refractivity contribution in [3.8, 4) is 5.75 Å². The van der Waals surface area contributed by atoms with E-state index in [-0.39, 0.29) is 23.2 Å². The zero-order chi connectivity index (χ0) is 35.3. The lowest BCUT2D eigenvalue weighted by atomic mass is 9.68. The fraction of sp³-hybridized carbons (Fsp3) is 0.450. The molecule has 11 heteroatoms. The van der Waals surface area contributed by atoms with Gasteiger partial charge in [-0.25, -0.2) is 4.21 Å². The van der Waals surface area contributed by atoms with Crippen molar-refractivity contribution in [2.45, 2.75) is 63.5 Å². The van der Waals surface area contributed by atoms with Crippen LogP contribution in [0, 0.1) is 17.8 Å². The number of carbonyl (C=O) groups is 2. The average molecular weight is 729 g/mol. The summed E-state index contributed by atoms with van der Waals surface area (Å²) in [5, 5.41) is 0.744. The molecule has 8 rings (SSSR count). The zero-order valence-electron chi connectivity index (χ0n) is 29.2. The molecule has 1 spiro atoms. The Kier molecular flexibility index (Phi) is 9.13. The minimum Gasteiger partial charge on any atom is -0.490 e. The standard InChI is InChI=1S/C40H45ClN4O5S/c1-26-6-3-9-36(49-2)33-13-10-29(33)21-45-24-40(16-4-7-27-18-31(41)12-14-34(27)40)25-50-37-15-11-28(20-35(37)45)38(46)42-51(48,23-26)43-39(47)30-19-32-8-5-17-44(32)22-30/h3,5,8-9,11-12,14-15,18-20,22,26,29,33,36H,4,6-7,10,13,16-17,21,23-25H2,1-2H3,(H,42,43,46,47,48)/b9-3-/t26-,29-,33+,36-,40-,51?/m0/s1. The molecule has 3 aliphatic heterocycles. The Balaban J connectivity index is 1.19. The molecule has 2 aromatic carbocycles. The number of rotatable bonds is 3. The fourth-order valence-electron chi connectivity index (χ4n) is 8.81. The van der Waals surface area contributed by atoms with Crippen LogP contribution in [-0.4, -0.2) is 59.3 Å². The van der Waals surface area contributed by atoms with Crippen LogP contribution in [0.3, 0.4) is 0 Å². The van der Waals surface area contributed by atoms with E-state index in [9.17, 15) is 13.8 Å². The van der Waals surface area contributed by atoms with Gasteiger partial charge in [0.25, 0.3) is 11.8 Å². The number of ether oxygens (including phenoxy) is 2. The lowest BCUT2D eigenvalue weighted by Gasteiger charge is -2.46. The van der Waals surface area contributed by atoms with E-state index in [1.807, 2.05) is 41.8 Å². The predicted molar refractivity (Wildman–Crippen MR) is 201 cm³/mol. The molecular formula is C40H45ClN4O5S. The summed E-state index contributed by atoms with van der Waals surface area (Å²) in [6, 6.07) is 13.4. The summed E-state index contributed by atoms with van der Waals surface area (Å²) in [4.78, 5) is 29.9. The van der Waals surface area contributed by atoms with Crippen LogP contribution in [-0.2, 0) is 33.0 Å². The van der Waals surface area contributed by atoms with Gasteiger partial charge in [0, 0.05) is 54.6 Å². The van der Waals surface area contributed by atoms with Gasteiger partial charge in [0.2, 0.25) is 0 Å². The van der Waals surface area contributed by atoms with Gasteiger partial charge in [0.05, 0.1) is 29.7 Å². The van der Waals surface area contributed by atoms with E-state index in [0.717, 1.165) is 61.6 Å². The maximum Gasteiger partial charge on any atom is 0.286 e. The van der Waals surface area contributed by atoms with Crippen molar-refractivity contribution in [1.29, 1.82) is 0 Å². The van der Waals surface area contributed by atoms with Crippen LogP contribution in [0.15, 0.2) is 71.3 Å². The molecule has 1 N–H and O–H groups in total. The topological polar surface area (TPSA) is 102 Å². The van der Waals surface area contributed by atoms with Crippen LogP contribution < -0.4 is 14.4 Å². The number of hydrogen-bond donors (Lipinski definition) is 1. The summed E-state index contributed by atoms with van der Waals surface area (Å²) < 4.78 is 36.3. The summed E-state index contributed by atoms with van der Waals surface area (Å²) in [6.45, 7) is 4.66. The van der Waals surface area contributed by atoms with E-state index in [1.54, 1.807) is 25.4 Å². The monoisotopic (exact) mass is 728 g/mol. The molecule has 268 valence electrons. The number of anilines is 1. The van der Waals surface area contributed by atoms with E-state index in [0.29, 0.717) is 48.3 Å². The Hall–Kier alpha value is -3.86. The van der Waals surface area contributed by atoms with Crippen molar-refractivity contribution in [1.82, 2.24) is 9.29 Å². The molecule has 4 heterocycles. The van der Waals surface area contributed by atoms with Crippen molar-refractivity contribution in [3.05, 3.63) is 99.9 Å². The van der Waals surface area contributed by atoms with Crippen molar-refractivity contribution < 1.29 is 23.3 Å². The molecule has 2 bridgehead atoms. The number of nitrogens with zero attached hydrogens (tertiary/aromatic N) is 3. The number of aromatic nitrogens is 1. The van der Waals surface area contributed by atoms with Crippen LogP contribution in [0.5, 0.6) is 5.75 Å². The Morgan fingerprint density at radius 3 is 2.84 bits per heavy atom. The van der Waals surface area contributed by atoms with E-state index in [1.165, 1.54) is 11.1 Å². The summed E-state index contributed by atoms with van der Waals surface area (Å²) in [5.74, 6) is 0.206. The summed E-state index contributed by atoms with van der Waals surface area (Å²) in [6.07, 6.45) is 15.6. The largest absolute Gasteiger partial charge is 0.490 e. The maximum absolute atomic E-state index is 14.6. The molecule has 9 nitrogen and oxygen atoms in total. The summed E-state index contributed by atoms with van der Waals surface area (Å²) >= 11 is 6.46. The summed E-state index contributed by atoms with van der Waals surface area (Å²) in [5.41, 5.74) is 4.72. The normalized spacial score (nSPS) is 30.6. The van der Waals surface area contributed by atoms with Crippen LogP contribution in [0.1, 0.15) is 76.6 Å². The van der Waals surface area contributed by atoms with E-state index in [2.05, 4.69) is 38.3 Å². The van der Waals surface area contributed by atoms with Gasteiger partial charge in [-0.1, -0.05) is 42.8 Å². The maximum atomic E-state index is 14.6. The van der Waals surface area contributed by atoms with Gasteiger partial charge in [0.15, 0.2) is 0 Å². The van der Waals surface area contributed by atoms with Crippen LogP contribution >= 0.6 is 11.6 Å². The van der Waals surface area contributed by atoms with Crippen LogP contribution in [0.25, 0.3) is 6.08 Å². The minimum atomic E-state index is -3.50. The molecule has 5 aliphatic rings. The first-order valence-electron chi connectivity index (χ1n) is 18.1. The summed E-state index contributed by atoms with van der Waals surface area (Å²) in [7, 11) is -1.73. The third kappa shape index (κ3) is 6.66. The number of halogens is 1. The Morgan fingerprint density at radius 2 is 2.04 bits per heavy atom. The molecule has 1 unspecified atom stereocenters. The van der Waals surface area contributed by atoms with Gasteiger partial charge in [0.1, 0.15) is 15.7 Å². The van der Waals surface area contributed by atoms with Crippen molar-refractivity contribution in [3.63, 3.8) is 0 Å². The molecule has 1 saturated carbocycles. The van der Waals surface area contributed by atoms with Gasteiger partial charge in [-0.2, -0.15) is 0 Å². The van der Waals surface area contributed by atoms with E-state index >= 15 is 0 Å². The molecule has 51 heavy (non-hydrogen) atoms. The number of nitrogens with one attached hydrogen (secondary N) is 1. The first-order chi connectivity index (χ1) is 24.6. The van der Waals surface area contributed by atoms with E-state index < -0.39 is 21.7 Å². The first kappa shape index (κ1) is 34.2. The average Bonchev–Trinajstić information content (AvgIpc) is 3.67. The fourth-order valence-corrected chi connectivity index (χ4v) is 10.9. The zero-order valence-corrected chi connectivity index (χ0v) is 30.8. The van der Waals surface area contributed by atoms with Gasteiger partial charge < -0.3 is 18.9 Å². The predicted octanol–water partition coefficient (Wildman–Crippen LogP) is 7.23. The van der Waals surface area contributed by atoms with Gasteiger partial charge in [-0.15, -0.1) is 4.36 Å². The highest BCUT2D eigenvalue weighted by Gasteiger charge is 2.44. The quantitative estimate of drug-likeness (QED) is 0.286. The third-order valence-corrected chi connectivity index (χ3v) is 13.8. The number of carbonyl (C=O) groups excluding carboxylic acids is 2. The highest BCUT2D eigenvalue weighted by molar-refractivity contribution is 7.92. The highest BCUT2D eigenvalue weighted by Crippen LogP contribution is 2.47. The lowest BCUT2D eigenvalue weighted by molar-refractivity contribution is 0.0131. The number of amides is 2. The first-order valence-corrected chi connectivity index (χ1v) is 20.2. The highest BCUT2D eigenvalue weighted by atomic mass is 35.5. The molecule has 3 aromatic rings. The van der Waals surface area contributed by atoms with Crippen LogP contribution in [0.2, 0.25) is 5.02 Å². The Morgan fingerprint density at radius 1 is 1.16 bits per heavy atom. The third-order valence-electron chi connectivity index (χ3n) is 11.5. The second-order valence-corrected chi connectivity index (χ2v) is 17.5. The number of benzene rings is 2. The Bertz CT molecular complexity index is 2060. The van der Waals surface area contributed by atoms with Crippen molar-refractivity contribution in [2.75, 3.05) is 37.5 Å². The Labute approximate surface area is 305 Å². The lowest BCUT2D eigenvalue weighted by Crippen LogP contribution is -2.49. The second kappa shape index (κ2) is 13.6.